The average molecular weight is 451 g/mol. The summed E-state index contributed by atoms with van der Waals surface area (Å²) < 4.78 is 0. The van der Waals surface area contributed by atoms with Gasteiger partial charge in [-0.2, -0.15) is 0 Å². The van der Waals surface area contributed by atoms with Crippen LogP contribution in [0.25, 0.3) is 0 Å². The Labute approximate surface area is 197 Å². The van der Waals surface area contributed by atoms with E-state index in [2.05, 4.69) is 39.8 Å². The first-order valence-electron chi connectivity index (χ1n) is 12.6. The third-order valence-electron chi connectivity index (χ3n) is 11.4. The number of hydrogen-bond acceptors (Lipinski definition) is 3. The van der Waals surface area contributed by atoms with Gasteiger partial charge in [0.1, 0.15) is 0 Å². The Kier molecular flexibility index (Phi) is 4.48. The second kappa shape index (κ2) is 6.52. The Hall–Kier alpha value is -2.10. The van der Waals surface area contributed by atoms with Crippen LogP contribution in [-0.4, -0.2) is 22.0 Å². The Bertz CT molecular complexity index is 1100. The predicted octanol–water partition coefficient (Wildman–Crippen LogP) is 6.70. The minimum Gasteiger partial charge on any atom is -0.504 e. The van der Waals surface area contributed by atoms with Crippen molar-refractivity contribution < 1.29 is 19.8 Å². The fourth-order valence-electron chi connectivity index (χ4n) is 8.65. The highest BCUT2D eigenvalue weighted by atomic mass is 16.4. The molecule has 0 heterocycles. The molecule has 0 aromatic heterocycles. The maximum atomic E-state index is 12.6. The zero-order valence-electron chi connectivity index (χ0n) is 21.0. The van der Waals surface area contributed by atoms with Crippen LogP contribution in [0.5, 0.6) is 0 Å². The molecule has 3 saturated carbocycles. The second-order valence-electron chi connectivity index (χ2n) is 12.9. The van der Waals surface area contributed by atoms with Crippen LogP contribution in [0.15, 0.2) is 46.3 Å². The van der Waals surface area contributed by atoms with Crippen LogP contribution in [0, 0.1) is 33.0 Å². The lowest BCUT2D eigenvalue weighted by Crippen LogP contribution is -2.62. The molecule has 0 bridgehead atoms. The minimum absolute atomic E-state index is 0.0000746. The molecule has 6 atom stereocenters. The number of carboxylic acids is 1. The fourth-order valence-corrected chi connectivity index (χ4v) is 8.65. The number of aliphatic hydroxyl groups excluding tert-OH is 1. The molecule has 4 nitrogen and oxygen atoms in total. The summed E-state index contributed by atoms with van der Waals surface area (Å²) in [6, 6.07) is 0. The molecule has 5 aliphatic carbocycles. The molecule has 3 fully saturated rings. The molecule has 5 aliphatic rings. The van der Waals surface area contributed by atoms with Gasteiger partial charge < -0.3 is 10.2 Å². The lowest BCUT2D eigenvalue weighted by molar-refractivity contribution is -0.178. The van der Waals surface area contributed by atoms with Crippen molar-refractivity contribution in [1.29, 1.82) is 0 Å². The maximum Gasteiger partial charge on any atom is 0.309 e. The Balaban J connectivity index is 1.64. The monoisotopic (exact) mass is 450 g/mol. The zero-order chi connectivity index (χ0) is 24.2. The van der Waals surface area contributed by atoms with Crippen LogP contribution < -0.4 is 0 Å². The molecule has 0 aliphatic heterocycles. The standard InChI is InChI=1S/C29H38O4/c1-17-18-7-8-21-27(4,19(18)15-20(30)23(17)31)12-14-29(6)22-16-26(3,24(32)33)10-9-25(22,2)11-13-28(21,29)5/h7-8,15,22,31H,9-14,16H2,1-6H3,(H,32,33)/t22?,25-,26-,27+,28-,29?/m1/s1. The van der Waals surface area contributed by atoms with Crippen LogP contribution >= 0.6 is 0 Å². The van der Waals surface area contributed by atoms with Gasteiger partial charge in [0.2, 0.25) is 5.78 Å². The number of aliphatic hydroxyl groups is 1. The van der Waals surface area contributed by atoms with Crippen LogP contribution in [0.4, 0.5) is 0 Å². The summed E-state index contributed by atoms with van der Waals surface area (Å²) in [6.45, 7) is 13.3. The van der Waals surface area contributed by atoms with Gasteiger partial charge in [-0.1, -0.05) is 45.4 Å². The summed E-state index contributed by atoms with van der Waals surface area (Å²) in [4.78, 5) is 24.8. The average Bonchev–Trinajstić information content (AvgIpc) is 2.75. The molecule has 0 radical (unpaired) electrons. The van der Waals surface area contributed by atoms with E-state index in [1.165, 1.54) is 5.57 Å². The van der Waals surface area contributed by atoms with Gasteiger partial charge >= 0.3 is 5.97 Å². The second-order valence-corrected chi connectivity index (χ2v) is 12.9. The molecule has 5 rings (SSSR count). The molecular formula is C29H38O4. The first-order valence-corrected chi connectivity index (χ1v) is 12.6. The Morgan fingerprint density at radius 3 is 2.30 bits per heavy atom. The number of aliphatic carboxylic acids is 1. The molecule has 0 amide bonds. The fraction of sp³-hybridized carbons (Fsp3) is 0.655. The van der Waals surface area contributed by atoms with Gasteiger partial charge in [-0.15, -0.1) is 0 Å². The molecule has 2 unspecified atom stereocenters. The van der Waals surface area contributed by atoms with Gasteiger partial charge in [0.05, 0.1) is 5.41 Å². The van der Waals surface area contributed by atoms with Crippen LogP contribution in [0.3, 0.4) is 0 Å². The van der Waals surface area contributed by atoms with Crippen LogP contribution in [0.1, 0.15) is 86.5 Å². The lowest BCUT2D eigenvalue weighted by atomic mass is 9.34. The number of carbonyl (C=O) groups excluding carboxylic acids is 1. The van der Waals surface area contributed by atoms with Gasteiger partial charge in [0.25, 0.3) is 0 Å². The first kappa shape index (κ1) is 22.7. The maximum absolute atomic E-state index is 12.6. The van der Waals surface area contributed by atoms with Crippen molar-refractivity contribution in [1.82, 2.24) is 0 Å². The number of ketones is 1. The van der Waals surface area contributed by atoms with E-state index in [-0.39, 0.29) is 33.2 Å². The SMILES string of the molecule is CC1=C(O)C(=O)C=C2C1=CC=C1[C@@]2(C)CCC2(C)C3C[C@](C)(C(=O)O)CC[C@]3(C)CC[C@]12C. The highest BCUT2D eigenvalue weighted by molar-refractivity contribution is 6.06. The van der Waals surface area contributed by atoms with Crippen molar-refractivity contribution in [2.75, 3.05) is 0 Å². The van der Waals surface area contributed by atoms with Crippen molar-refractivity contribution >= 4 is 11.8 Å². The molecule has 0 spiro atoms. The quantitative estimate of drug-likeness (QED) is 0.466. The van der Waals surface area contributed by atoms with Crippen molar-refractivity contribution in [3.63, 3.8) is 0 Å². The number of carboxylic acid groups (broad SMARTS) is 1. The Morgan fingerprint density at radius 2 is 1.64 bits per heavy atom. The van der Waals surface area contributed by atoms with Gasteiger partial charge in [-0.25, -0.2) is 0 Å². The summed E-state index contributed by atoms with van der Waals surface area (Å²) >= 11 is 0. The third kappa shape index (κ3) is 2.64. The molecule has 0 aromatic rings. The smallest absolute Gasteiger partial charge is 0.309 e. The van der Waals surface area contributed by atoms with E-state index in [1.807, 2.05) is 13.8 Å². The number of allylic oxidation sites excluding steroid dienone is 7. The van der Waals surface area contributed by atoms with Crippen molar-refractivity contribution in [3.05, 3.63) is 46.3 Å². The normalized spacial score (nSPS) is 46.8. The van der Waals surface area contributed by atoms with Crippen molar-refractivity contribution in [2.45, 2.75) is 86.5 Å². The molecule has 178 valence electrons. The lowest BCUT2D eigenvalue weighted by Gasteiger charge is -2.70. The van der Waals surface area contributed by atoms with Gasteiger partial charge in [0, 0.05) is 11.0 Å². The van der Waals surface area contributed by atoms with E-state index in [9.17, 15) is 19.8 Å². The van der Waals surface area contributed by atoms with E-state index >= 15 is 0 Å². The van der Waals surface area contributed by atoms with E-state index in [0.717, 1.165) is 56.1 Å². The van der Waals surface area contributed by atoms with E-state index < -0.39 is 11.4 Å². The number of rotatable bonds is 1. The van der Waals surface area contributed by atoms with Gasteiger partial charge in [-0.3, -0.25) is 9.59 Å². The highest BCUT2D eigenvalue weighted by Gasteiger charge is 2.67. The Morgan fingerprint density at radius 1 is 0.970 bits per heavy atom. The van der Waals surface area contributed by atoms with Gasteiger partial charge in [-0.05, 0) is 98.2 Å². The summed E-state index contributed by atoms with van der Waals surface area (Å²) in [5.41, 5.74) is 3.33. The largest absolute Gasteiger partial charge is 0.504 e. The molecule has 0 saturated heterocycles. The number of carbonyl (C=O) groups is 2. The highest BCUT2D eigenvalue weighted by Crippen LogP contribution is 2.75. The van der Waals surface area contributed by atoms with Gasteiger partial charge in [0.15, 0.2) is 5.76 Å². The van der Waals surface area contributed by atoms with E-state index in [0.29, 0.717) is 11.5 Å². The summed E-state index contributed by atoms with van der Waals surface area (Å²) in [6.07, 6.45) is 12.7. The molecular weight excluding hydrogens is 412 g/mol. The molecule has 2 N–H and O–H groups in total. The first-order chi connectivity index (χ1) is 15.2. The third-order valence-corrected chi connectivity index (χ3v) is 11.4. The molecule has 0 aromatic carbocycles. The topological polar surface area (TPSA) is 74.6 Å². The predicted molar refractivity (Wildman–Crippen MR) is 129 cm³/mol. The van der Waals surface area contributed by atoms with Crippen LogP contribution in [0.2, 0.25) is 0 Å². The van der Waals surface area contributed by atoms with E-state index in [4.69, 9.17) is 0 Å². The van der Waals surface area contributed by atoms with Crippen molar-refractivity contribution in [3.8, 4) is 0 Å². The zero-order valence-corrected chi connectivity index (χ0v) is 21.0. The molecule has 4 heteroatoms. The summed E-state index contributed by atoms with van der Waals surface area (Å²) in [7, 11) is 0. The minimum atomic E-state index is -0.655. The molecule has 33 heavy (non-hydrogen) atoms. The number of fused-ring (bicyclic) bond motifs is 7. The van der Waals surface area contributed by atoms with Crippen LogP contribution in [-0.2, 0) is 9.59 Å². The van der Waals surface area contributed by atoms with Crippen molar-refractivity contribution in [2.24, 2.45) is 33.0 Å². The summed E-state index contributed by atoms with van der Waals surface area (Å²) in [5.74, 6) is -0.734. The number of hydrogen-bond donors (Lipinski definition) is 2. The summed E-state index contributed by atoms with van der Waals surface area (Å²) in [5, 5.41) is 20.3. The van der Waals surface area contributed by atoms with E-state index in [1.54, 1.807) is 6.08 Å².